The van der Waals surface area contributed by atoms with E-state index >= 15 is 0 Å². The largest absolute Gasteiger partial charge is 0.350 e. The van der Waals surface area contributed by atoms with E-state index in [4.69, 9.17) is 23.2 Å². The van der Waals surface area contributed by atoms with E-state index in [1.165, 1.54) is 12.1 Å². The highest BCUT2D eigenvalue weighted by Crippen LogP contribution is 2.21. The first-order valence-electron chi connectivity index (χ1n) is 9.33. The minimum atomic E-state index is -0.722. The molecule has 0 aliphatic rings. The fraction of sp³-hybridized carbons (Fsp3) is 0.238. The van der Waals surface area contributed by atoms with Gasteiger partial charge in [-0.2, -0.15) is 5.10 Å². The Morgan fingerprint density at radius 3 is 2.57 bits per heavy atom. The molecule has 2 heterocycles. The van der Waals surface area contributed by atoms with E-state index < -0.39 is 11.9 Å². The molecule has 0 radical (unpaired) electrons. The molecule has 0 bridgehead atoms. The maximum atomic E-state index is 12.7. The molecule has 2 amide bonds. The fourth-order valence-corrected chi connectivity index (χ4v) is 3.28. The molecule has 0 saturated heterocycles. The predicted octanol–water partition coefficient (Wildman–Crippen LogP) is 3.64. The van der Waals surface area contributed by atoms with Crippen LogP contribution < -0.4 is 10.6 Å². The Morgan fingerprint density at radius 2 is 1.97 bits per heavy atom. The van der Waals surface area contributed by atoms with Crippen LogP contribution in [-0.4, -0.2) is 32.6 Å². The summed E-state index contributed by atoms with van der Waals surface area (Å²) in [4.78, 5) is 29.6. The summed E-state index contributed by atoms with van der Waals surface area (Å²) in [5.41, 5.74) is 1.09. The Bertz CT molecular complexity index is 1020. The van der Waals surface area contributed by atoms with E-state index in [0.717, 1.165) is 5.56 Å². The number of rotatable bonds is 7. The zero-order valence-electron chi connectivity index (χ0n) is 16.5. The first kappa shape index (κ1) is 21.8. The quantitative estimate of drug-likeness (QED) is 0.580. The SMILES string of the molecule is CC(C)[C@H](NC(=O)c1ccc(Cl)cc1Cl)C(=O)NCc1ccc(-n2cccn2)nc1. The van der Waals surface area contributed by atoms with Crippen molar-refractivity contribution in [2.45, 2.75) is 26.4 Å². The van der Waals surface area contributed by atoms with Crippen LogP contribution in [0.5, 0.6) is 0 Å². The topological polar surface area (TPSA) is 88.9 Å². The highest BCUT2D eigenvalue weighted by Gasteiger charge is 2.25. The van der Waals surface area contributed by atoms with Crippen molar-refractivity contribution < 1.29 is 9.59 Å². The Kier molecular flexibility index (Phi) is 7.07. The summed E-state index contributed by atoms with van der Waals surface area (Å²) in [5.74, 6) is -0.169. The lowest BCUT2D eigenvalue weighted by Crippen LogP contribution is -2.49. The van der Waals surface area contributed by atoms with Crippen molar-refractivity contribution in [2.75, 3.05) is 0 Å². The predicted molar refractivity (Wildman–Crippen MR) is 116 cm³/mol. The molecule has 0 fully saturated rings. The van der Waals surface area contributed by atoms with Crippen LogP contribution in [0.3, 0.4) is 0 Å². The van der Waals surface area contributed by atoms with Crippen LogP contribution in [0.2, 0.25) is 10.0 Å². The van der Waals surface area contributed by atoms with Gasteiger partial charge >= 0.3 is 0 Å². The van der Waals surface area contributed by atoms with Gasteiger partial charge in [0, 0.05) is 30.2 Å². The molecule has 3 aromatic rings. The molecular weight excluding hydrogens is 425 g/mol. The molecule has 30 heavy (non-hydrogen) atoms. The van der Waals surface area contributed by atoms with Crippen molar-refractivity contribution in [2.24, 2.45) is 5.92 Å². The molecule has 0 saturated carbocycles. The van der Waals surface area contributed by atoms with Gasteiger partial charge in [0.1, 0.15) is 6.04 Å². The van der Waals surface area contributed by atoms with Crippen molar-refractivity contribution in [1.29, 1.82) is 0 Å². The van der Waals surface area contributed by atoms with Crippen LogP contribution in [0, 0.1) is 5.92 Å². The number of nitrogens with zero attached hydrogens (tertiary/aromatic N) is 3. The second-order valence-electron chi connectivity index (χ2n) is 7.01. The van der Waals surface area contributed by atoms with Gasteiger partial charge in [0.25, 0.3) is 5.91 Å². The molecule has 156 valence electrons. The molecule has 2 aromatic heterocycles. The second kappa shape index (κ2) is 9.73. The van der Waals surface area contributed by atoms with Gasteiger partial charge in [-0.3, -0.25) is 9.59 Å². The standard InChI is InChI=1S/C21H21Cl2N5O2/c1-13(2)19(27-20(29)16-6-5-15(22)10-17(16)23)21(30)25-12-14-4-7-18(24-11-14)28-9-3-8-26-28/h3-11,13,19H,12H2,1-2H3,(H,25,30)(H,27,29)/t19-/m0/s1. The molecule has 2 N–H and O–H groups in total. The molecule has 0 aliphatic heterocycles. The summed E-state index contributed by atoms with van der Waals surface area (Å²) < 4.78 is 1.65. The number of hydrogen-bond donors (Lipinski definition) is 2. The van der Waals surface area contributed by atoms with Crippen molar-refractivity contribution in [3.05, 3.63) is 76.2 Å². The summed E-state index contributed by atoms with van der Waals surface area (Å²) >= 11 is 12.0. The molecule has 0 unspecified atom stereocenters. The highest BCUT2D eigenvalue weighted by molar-refractivity contribution is 6.36. The van der Waals surface area contributed by atoms with Crippen molar-refractivity contribution in [1.82, 2.24) is 25.4 Å². The summed E-state index contributed by atoms with van der Waals surface area (Å²) in [6.07, 6.45) is 5.15. The summed E-state index contributed by atoms with van der Waals surface area (Å²) in [7, 11) is 0. The Hall–Kier alpha value is -2.90. The summed E-state index contributed by atoms with van der Waals surface area (Å²) in [6.45, 7) is 3.99. The van der Waals surface area contributed by atoms with Crippen LogP contribution in [-0.2, 0) is 11.3 Å². The zero-order valence-corrected chi connectivity index (χ0v) is 18.0. The molecular formula is C21H21Cl2N5O2. The molecule has 7 nitrogen and oxygen atoms in total. The molecule has 3 rings (SSSR count). The minimum Gasteiger partial charge on any atom is -0.350 e. The maximum Gasteiger partial charge on any atom is 0.253 e. The number of benzene rings is 1. The Balaban J connectivity index is 1.62. The molecule has 1 aromatic carbocycles. The lowest BCUT2D eigenvalue weighted by atomic mass is 10.0. The van der Waals surface area contributed by atoms with Crippen molar-refractivity contribution in [3.63, 3.8) is 0 Å². The smallest absolute Gasteiger partial charge is 0.253 e. The van der Waals surface area contributed by atoms with Crippen LogP contribution in [0.1, 0.15) is 29.8 Å². The van der Waals surface area contributed by atoms with E-state index in [0.29, 0.717) is 10.8 Å². The Labute approximate surface area is 184 Å². The van der Waals surface area contributed by atoms with E-state index in [9.17, 15) is 9.59 Å². The van der Waals surface area contributed by atoms with E-state index in [2.05, 4.69) is 20.7 Å². The second-order valence-corrected chi connectivity index (χ2v) is 7.86. The number of hydrogen-bond acceptors (Lipinski definition) is 4. The number of amides is 2. The van der Waals surface area contributed by atoms with Gasteiger partial charge in [0.2, 0.25) is 5.91 Å². The van der Waals surface area contributed by atoms with Gasteiger partial charge < -0.3 is 10.6 Å². The average Bonchev–Trinajstić information content (AvgIpc) is 3.25. The summed E-state index contributed by atoms with van der Waals surface area (Å²) in [5, 5.41) is 10.4. The molecule has 0 spiro atoms. The fourth-order valence-electron chi connectivity index (χ4n) is 2.79. The zero-order chi connectivity index (χ0) is 21.7. The molecule has 9 heteroatoms. The number of carbonyl (C=O) groups is 2. The van der Waals surface area contributed by atoms with Gasteiger partial charge in [-0.1, -0.05) is 43.1 Å². The van der Waals surface area contributed by atoms with Crippen LogP contribution in [0.4, 0.5) is 0 Å². The van der Waals surface area contributed by atoms with E-state index in [-0.39, 0.29) is 29.0 Å². The Morgan fingerprint density at radius 1 is 1.17 bits per heavy atom. The van der Waals surface area contributed by atoms with Crippen LogP contribution >= 0.6 is 23.2 Å². The van der Waals surface area contributed by atoms with Gasteiger partial charge in [-0.25, -0.2) is 9.67 Å². The van der Waals surface area contributed by atoms with Crippen molar-refractivity contribution in [3.8, 4) is 5.82 Å². The van der Waals surface area contributed by atoms with E-state index in [1.807, 2.05) is 32.0 Å². The monoisotopic (exact) mass is 445 g/mol. The average molecular weight is 446 g/mol. The van der Waals surface area contributed by atoms with Gasteiger partial charge in [-0.15, -0.1) is 0 Å². The minimum absolute atomic E-state index is 0.125. The normalized spacial score (nSPS) is 11.9. The lowest BCUT2D eigenvalue weighted by Gasteiger charge is -2.22. The van der Waals surface area contributed by atoms with Gasteiger partial charge in [0.15, 0.2) is 5.82 Å². The lowest BCUT2D eigenvalue weighted by molar-refractivity contribution is -0.124. The number of carbonyl (C=O) groups excluding carboxylic acids is 2. The summed E-state index contributed by atoms with van der Waals surface area (Å²) in [6, 6.07) is 9.37. The first-order valence-corrected chi connectivity index (χ1v) is 10.1. The number of pyridine rings is 1. The third kappa shape index (κ3) is 5.37. The van der Waals surface area contributed by atoms with Gasteiger partial charge in [-0.05, 0) is 41.8 Å². The van der Waals surface area contributed by atoms with Crippen LogP contribution in [0.25, 0.3) is 5.82 Å². The third-order valence-electron chi connectivity index (χ3n) is 4.43. The number of halogens is 2. The molecule has 1 atom stereocenters. The number of aromatic nitrogens is 3. The van der Waals surface area contributed by atoms with Crippen LogP contribution in [0.15, 0.2) is 55.0 Å². The van der Waals surface area contributed by atoms with E-state index in [1.54, 1.807) is 29.3 Å². The first-order chi connectivity index (χ1) is 14.3. The van der Waals surface area contributed by atoms with Gasteiger partial charge in [0.05, 0.1) is 10.6 Å². The van der Waals surface area contributed by atoms with Crippen molar-refractivity contribution >= 4 is 35.0 Å². The maximum absolute atomic E-state index is 12.7. The molecule has 0 aliphatic carbocycles. The third-order valence-corrected chi connectivity index (χ3v) is 4.97. The highest BCUT2D eigenvalue weighted by atomic mass is 35.5. The number of nitrogens with one attached hydrogen (secondary N) is 2.